The summed E-state index contributed by atoms with van der Waals surface area (Å²) >= 11 is 0. The van der Waals surface area contributed by atoms with Gasteiger partial charge in [0.25, 0.3) is 0 Å². The van der Waals surface area contributed by atoms with E-state index in [0.29, 0.717) is 25.6 Å². The second-order valence-corrected chi connectivity index (χ2v) is 7.96. The van der Waals surface area contributed by atoms with E-state index in [1.165, 1.54) is 0 Å². The quantitative estimate of drug-likeness (QED) is 0.503. The van der Waals surface area contributed by atoms with Crippen molar-refractivity contribution in [2.24, 2.45) is 0 Å². The number of aromatic nitrogens is 2. The lowest BCUT2D eigenvalue weighted by atomic mass is 10.1. The molecule has 1 atom stereocenters. The molecule has 2 heterocycles. The van der Waals surface area contributed by atoms with Crippen LogP contribution in [0.3, 0.4) is 0 Å². The summed E-state index contributed by atoms with van der Waals surface area (Å²) in [6.45, 7) is 7.61. The van der Waals surface area contributed by atoms with E-state index in [0.717, 1.165) is 34.6 Å². The van der Waals surface area contributed by atoms with Gasteiger partial charge >= 0.3 is 0 Å². The molecule has 31 heavy (non-hydrogen) atoms. The molecule has 0 saturated carbocycles. The zero-order valence-electron chi connectivity index (χ0n) is 18.2. The molecule has 0 amide bonds. The molecule has 4 rings (SSSR count). The largest absolute Gasteiger partial charge is 0.494 e. The molecule has 0 radical (unpaired) electrons. The van der Waals surface area contributed by atoms with Gasteiger partial charge in [0, 0.05) is 23.5 Å². The van der Waals surface area contributed by atoms with Crippen molar-refractivity contribution in [2.75, 3.05) is 19.8 Å². The molecule has 0 N–H and O–H groups in total. The van der Waals surface area contributed by atoms with Gasteiger partial charge in [-0.2, -0.15) is 0 Å². The third-order valence-corrected chi connectivity index (χ3v) is 4.91. The Kier molecular flexibility index (Phi) is 6.49. The number of nitrogens with zero attached hydrogens (tertiary/aromatic N) is 2. The lowest BCUT2D eigenvalue weighted by Gasteiger charge is -2.17. The summed E-state index contributed by atoms with van der Waals surface area (Å²) in [6.07, 6.45) is 4.59. The summed E-state index contributed by atoms with van der Waals surface area (Å²) in [4.78, 5) is 9.09. The molecule has 1 aliphatic rings. The monoisotopic (exact) mass is 420 g/mol. The average molecular weight is 421 g/mol. The SMILES string of the molecule is CCCOc1cccc(-c2ncc(-c3ccc(OC[C@H]4COC(C)(C)O4)cc3)cn2)c1. The van der Waals surface area contributed by atoms with Crippen molar-refractivity contribution in [3.8, 4) is 34.0 Å². The van der Waals surface area contributed by atoms with Gasteiger partial charge in [0.15, 0.2) is 11.6 Å². The Hall–Kier alpha value is -2.96. The maximum absolute atomic E-state index is 5.84. The first-order valence-corrected chi connectivity index (χ1v) is 10.6. The molecule has 0 bridgehead atoms. The molecule has 6 nitrogen and oxygen atoms in total. The lowest BCUT2D eigenvalue weighted by Crippen LogP contribution is -2.25. The molecule has 0 spiro atoms. The van der Waals surface area contributed by atoms with Crippen molar-refractivity contribution in [1.29, 1.82) is 0 Å². The zero-order valence-corrected chi connectivity index (χ0v) is 18.2. The number of benzene rings is 2. The van der Waals surface area contributed by atoms with Crippen LogP contribution >= 0.6 is 0 Å². The van der Waals surface area contributed by atoms with Crippen molar-refractivity contribution in [3.63, 3.8) is 0 Å². The smallest absolute Gasteiger partial charge is 0.163 e. The van der Waals surface area contributed by atoms with E-state index >= 15 is 0 Å². The summed E-state index contributed by atoms with van der Waals surface area (Å²) in [7, 11) is 0. The Morgan fingerprint density at radius 3 is 2.39 bits per heavy atom. The van der Waals surface area contributed by atoms with Crippen LogP contribution in [-0.2, 0) is 9.47 Å². The maximum Gasteiger partial charge on any atom is 0.163 e. The van der Waals surface area contributed by atoms with E-state index in [4.69, 9.17) is 18.9 Å². The Morgan fingerprint density at radius 2 is 1.71 bits per heavy atom. The number of hydrogen-bond donors (Lipinski definition) is 0. The van der Waals surface area contributed by atoms with Crippen molar-refractivity contribution in [2.45, 2.75) is 39.1 Å². The van der Waals surface area contributed by atoms with Gasteiger partial charge in [-0.25, -0.2) is 9.97 Å². The van der Waals surface area contributed by atoms with Gasteiger partial charge < -0.3 is 18.9 Å². The second kappa shape index (κ2) is 9.45. The molecule has 1 aromatic heterocycles. The van der Waals surface area contributed by atoms with Crippen LogP contribution in [0.2, 0.25) is 0 Å². The van der Waals surface area contributed by atoms with Gasteiger partial charge in [0.1, 0.15) is 24.2 Å². The van der Waals surface area contributed by atoms with Gasteiger partial charge in [0.2, 0.25) is 0 Å². The van der Waals surface area contributed by atoms with Crippen LogP contribution in [0.4, 0.5) is 0 Å². The molecule has 6 heteroatoms. The fourth-order valence-electron chi connectivity index (χ4n) is 3.35. The van der Waals surface area contributed by atoms with Crippen LogP contribution in [0, 0.1) is 0 Å². The fraction of sp³-hybridized carbons (Fsp3) is 0.360. The predicted molar refractivity (Wildman–Crippen MR) is 119 cm³/mol. The summed E-state index contributed by atoms with van der Waals surface area (Å²) in [5, 5.41) is 0. The minimum atomic E-state index is -0.534. The number of ether oxygens (including phenoxy) is 4. The van der Waals surface area contributed by atoms with Crippen molar-refractivity contribution >= 4 is 0 Å². The normalized spacial score (nSPS) is 17.5. The predicted octanol–water partition coefficient (Wildman–Crippen LogP) is 5.13. The van der Waals surface area contributed by atoms with E-state index in [-0.39, 0.29) is 6.10 Å². The maximum atomic E-state index is 5.84. The first-order valence-electron chi connectivity index (χ1n) is 10.6. The summed E-state index contributed by atoms with van der Waals surface area (Å²) < 4.78 is 22.9. The van der Waals surface area contributed by atoms with E-state index in [1.54, 1.807) is 0 Å². The van der Waals surface area contributed by atoms with Crippen molar-refractivity contribution in [3.05, 3.63) is 60.9 Å². The minimum Gasteiger partial charge on any atom is -0.494 e. The van der Waals surface area contributed by atoms with E-state index in [2.05, 4.69) is 16.9 Å². The Morgan fingerprint density at radius 1 is 0.935 bits per heavy atom. The second-order valence-electron chi connectivity index (χ2n) is 7.96. The first kappa shape index (κ1) is 21.3. The van der Waals surface area contributed by atoms with Crippen LogP contribution in [-0.4, -0.2) is 41.7 Å². The standard InChI is InChI=1S/C25H28N2O4/c1-4-12-28-22-7-5-6-19(13-22)24-26-14-20(15-27-24)18-8-10-21(11-9-18)29-16-23-17-30-25(2,3)31-23/h5-11,13-15,23H,4,12,16-17H2,1-3H3/t23-/m0/s1. The Balaban J connectivity index is 1.38. The highest BCUT2D eigenvalue weighted by molar-refractivity contribution is 5.64. The van der Waals surface area contributed by atoms with Gasteiger partial charge in [-0.05, 0) is 50.1 Å². The molecule has 1 saturated heterocycles. The van der Waals surface area contributed by atoms with E-state index in [9.17, 15) is 0 Å². The van der Waals surface area contributed by atoms with Crippen LogP contribution in [0.5, 0.6) is 11.5 Å². The number of hydrogen-bond acceptors (Lipinski definition) is 6. The molecule has 1 aliphatic heterocycles. The molecule has 1 fully saturated rings. The minimum absolute atomic E-state index is 0.0542. The van der Waals surface area contributed by atoms with Gasteiger partial charge in [0.05, 0.1) is 13.2 Å². The van der Waals surface area contributed by atoms with Gasteiger partial charge in [-0.3, -0.25) is 0 Å². The Bertz CT molecular complexity index is 987. The highest BCUT2D eigenvalue weighted by Crippen LogP contribution is 2.26. The number of rotatable bonds is 8. The Labute approximate surface area is 183 Å². The third kappa shape index (κ3) is 5.60. The first-order chi connectivity index (χ1) is 15.0. The topological polar surface area (TPSA) is 62.7 Å². The zero-order chi connectivity index (χ0) is 21.7. The van der Waals surface area contributed by atoms with Gasteiger partial charge in [-0.1, -0.05) is 31.2 Å². The molecule has 3 aromatic rings. The summed E-state index contributed by atoms with van der Waals surface area (Å²) in [6, 6.07) is 15.8. The lowest BCUT2D eigenvalue weighted by molar-refractivity contribution is -0.141. The van der Waals surface area contributed by atoms with Crippen LogP contribution in [0.15, 0.2) is 60.9 Å². The summed E-state index contributed by atoms with van der Waals surface area (Å²) in [5.74, 6) is 1.76. The van der Waals surface area contributed by atoms with Crippen LogP contribution in [0.1, 0.15) is 27.2 Å². The van der Waals surface area contributed by atoms with Gasteiger partial charge in [-0.15, -0.1) is 0 Å². The average Bonchev–Trinajstić information content (AvgIpc) is 3.15. The highest BCUT2D eigenvalue weighted by Gasteiger charge is 2.32. The van der Waals surface area contributed by atoms with E-state index < -0.39 is 5.79 Å². The molecule has 0 unspecified atom stereocenters. The van der Waals surface area contributed by atoms with Crippen molar-refractivity contribution < 1.29 is 18.9 Å². The molecular formula is C25H28N2O4. The fourth-order valence-corrected chi connectivity index (χ4v) is 3.35. The molecular weight excluding hydrogens is 392 g/mol. The highest BCUT2D eigenvalue weighted by atomic mass is 16.7. The summed E-state index contributed by atoms with van der Waals surface area (Å²) in [5.41, 5.74) is 2.91. The van der Waals surface area contributed by atoms with Crippen LogP contribution in [0.25, 0.3) is 22.5 Å². The molecule has 2 aromatic carbocycles. The van der Waals surface area contributed by atoms with Crippen molar-refractivity contribution in [1.82, 2.24) is 9.97 Å². The third-order valence-electron chi connectivity index (χ3n) is 4.91. The van der Waals surface area contributed by atoms with Crippen LogP contribution < -0.4 is 9.47 Å². The molecule has 162 valence electrons. The molecule has 0 aliphatic carbocycles. The van der Waals surface area contributed by atoms with E-state index in [1.807, 2.05) is 74.8 Å².